The maximum Gasteiger partial charge on any atom is 0.256 e. The van der Waals surface area contributed by atoms with Crippen molar-refractivity contribution in [2.24, 2.45) is 0 Å². The molecule has 2 amide bonds. The zero-order valence-corrected chi connectivity index (χ0v) is 25.4. The average molecular weight is 599 g/mol. The number of fused-ring (bicyclic) bond motifs is 2. The molecule has 46 heavy (non-hydrogen) atoms. The Morgan fingerprint density at radius 2 is 0.848 bits per heavy atom. The molecule has 7 aromatic rings. The molecule has 0 fully saturated rings. The minimum Gasteiger partial charge on any atom is -0.320 e. The summed E-state index contributed by atoms with van der Waals surface area (Å²) in [5, 5.41) is 7.60. The number of amides is 2. The molecule has 2 heterocycles. The molecular weight excluding hydrogens is 568 g/mol. The Kier molecular flexibility index (Phi) is 7.53. The first-order chi connectivity index (χ1) is 22.5. The molecule has 6 nitrogen and oxygen atoms in total. The lowest BCUT2D eigenvalue weighted by atomic mass is 10.0. The van der Waals surface area contributed by atoms with Gasteiger partial charge in [0.25, 0.3) is 11.8 Å². The molecule has 0 saturated carbocycles. The lowest BCUT2D eigenvalue weighted by Crippen LogP contribution is -2.17. The number of carbonyl (C=O) groups is 2. The van der Waals surface area contributed by atoms with Crippen LogP contribution in [0.2, 0.25) is 0 Å². The number of para-hydroxylation sites is 4. The molecule has 0 atom stereocenters. The molecule has 2 N–H and O–H groups in total. The largest absolute Gasteiger partial charge is 0.320 e. The van der Waals surface area contributed by atoms with Crippen LogP contribution in [0.4, 0.5) is 11.4 Å². The van der Waals surface area contributed by atoms with Gasteiger partial charge in [-0.3, -0.25) is 9.59 Å². The highest BCUT2D eigenvalue weighted by atomic mass is 16.2. The van der Waals surface area contributed by atoms with Gasteiger partial charge < -0.3 is 10.6 Å². The van der Waals surface area contributed by atoms with E-state index in [0.29, 0.717) is 22.5 Å². The molecule has 0 spiro atoms. The number of carbonyl (C=O) groups excluding carboxylic acids is 2. The van der Waals surface area contributed by atoms with Crippen LogP contribution in [0.15, 0.2) is 133 Å². The average Bonchev–Trinajstić information content (AvgIpc) is 3.08. The highest BCUT2D eigenvalue weighted by molar-refractivity contribution is 6.17. The van der Waals surface area contributed by atoms with Crippen molar-refractivity contribution < 1.29 is 9.59 Å². The van der Waals surface area contributed by atoms with Gasteiger partial charge in [-0.05, 0) is 61.4 Å². The number of anilines is 2. The lowest BCUT2D eigenvalue weighted by molar-refractivity contribution is 0.101. The van der Waals surface area contributed by atoms with E-state index in [4.69, 9.17) is 9.97 Å². The smallest absolute Gasteiger partial charge is 0.256 e. The van der Waals surface area contributed by atoms with E-state index in [1.165, 1.54) is 0 Å². The topological polar surface area (TPSA) is 84.0 Å². The van der Waals surface area contributed by atoms with Crippen molar-refractivity contribution in [3.05, 3.63) is 156 Å². The van der Waals surface area contributed by atoms with Crippen LogP contribution in [-0.2, 0) is 0 Å². The minimum absolute atomic E-state index is 0.300. The fourth-order valence-electron chi connectivity index (χ4n) is 5.80. The number of nitrogens with one attached hydrogen (secondary N) is 2. The normalized spacial score (nSPS) is 11.0. The third kappa shape index (κ3) is 5.48. The summed E-state index contributed by atoms with van der Waals surface area (Å²) in [7, 11) is 0. The summed E-state index contributed by atoms with van der Waals surface area (Å²) in [5.41, 5.74) is 8.91. The second kappa shape index (κ2) is 12.1. The molecule has 7 rings (SSSR count). The van der Waals surface area contributed by atoms with Gasteiger partial charge in [0.05, 0.1) is 44.9 Å². The lowest BCUT2D eigenvalue weighted by Gasteiger charge is -2.15. The number of hydrogen-bond acceptors (Lipinski definition) is 4. The molecule has 0 aliphatic rings. The Morgan fingerprint density at radius 3 is 1.28 bits per heavy atom. The first-order valence-corrected chi connectivity index (χ1v) is 15.1. The second-order valence-electron chi connectivity index (χ2n) is 11.2. The Morgan fingerprint density at radius 1 is 0.478 bits per heavy atom. The number of hydrogen-bond donors (Lipinski definition) is 2. The van der Waals surface area contributed by atoms with Crippen LogP contribution in [-0.4, -0.2) is 21.8 Å². The van der Waals surface area contributed by atoms with E-state index in [-0.39, 0.29) is 11.8 Å². The molecular formula is C40H30N4O2. The van der Waals surface area contributed by atoms with Crippen LogP contribution in [0.5, 0.6) is 0 Å². The van der Waals surface area contributed by atoms with Crippen LogP contribution in [0.1, 0.15) is 31.8 Å². The van der Waals surface area contributed by atoms with Gasteiger partial charge in [0.15, 0.2) is 0 Å². The summed E-state index contributed by atoms with van der Waals surface area (Å²) in [5.74, 6) is -0.599. The molecule has 2 aromatic heterocycles. The summed E-state index contributed by atoms with van der Waals surface area (Å²) < 4.78 is 0. The second-order valence-corrected chi connectivity index (χ2v) is 11.2. The predicted octanol–water partition coefficient (Wildman–Crippen LogP) is 9.24. The quantitative estimate of drug-likeness (QED) is 0.200. The summed E-state index contributed by atoms with van der Waals surface area (Å²) in [6.07, 6.45) is 0. The number of aromatic nitrogens is 2. The number of benzene rings is 5. The number of pyridine rings is 2. The third-order valence-electron chi connectivity index (χ3n) is 8.19. The van der Waals surface area contributed by atoms with Crippen molar-refractivity contribution >= 4 is 45.0 Å². The molecule has 0 aliphatic carbocycles. The van der Waals surface area contributed by atoms with Crippen LogP contribution in [0.25, 0.3) is 44.3 Å². The van der Waals surface area contributed by atoms with E-state index in [9.17, 15) is 9.59 Å². The Hall–Kier alpha value is -6.14. The van der Waals surface area contributed by atoms with Crippen LogP contribution in [0, 0.1) is 13.8 Å². The molecule has 0 radical (unpaired) electrons. The fourth-order valence-corrected chi connectivity index (χ4v) is 5.80. The maximum absolute atomic E-state index is 14.0. The molecule has 5 aromatic carbocycles. The molecule has 0 saturated heterocycles. The number of rotatable bonds is 6. The molecule has 6 heteroatoms. The van der Waals surface area contributed by atoms with Crippen molar-refractivity contribution in [1.29, 1.82) is 0 Å². The van der Waals surface area contributed by atoms with Gasteiger partial charge in [0.1, 0.15) is 0 Å². The van der Waals surface area contributed by atoms with Gasteiger partial charge in [-0.1, -0.05) is 97.1 Å². The third-order valence-corrected chi connectivity index (χ3v) is 8.19. The van der Waals surface area contributed by atoms with Crippen molar-refractivity contribution in [1.82, 2.24) is 9.97 Å². The minimum atomic E-state index is -0.300. The van der Waals surface area contributed by atoms with Crippen LogP contribution < -0.4 is 10.6 Å². The SMILES string of the molecule is Cc1ccccc1-c1cc(C(=O)Nc2ccccc2NC(=O)c2cc(-c3ccccc3C)nc3ccccc23)c2ccccc2n1. The molecule has 0 unspecified atom stereocenters. The van der Waals surface area contributed by atoms with E-state index in [1.54, 1.807) is 12.1 Å². The van der Waals surface area contributed by atoms with Crippen LogP contribution in [0.3, 0.4) is 0 Å². The van der Waals surface area contributed by atoms with Gasteiger partial charge >= 0.3 is 0 Å². The Balaban J connectivity index is 1.24. The van der Waals surface area contributed by atoms with Crippen molar-refractivity contribution in [3.63, 3.8) is 0 Å². The van der Waals surface area contributed by atoms with Gasteiger partial charge in [-0.15, -0.1) is 0 Å². The van der Waals surface area contributed by atoms with Gasteiger partial charge in [0.2, 0.25) is 0 Å². The van der Waals surface area contributed by atoms with E-state index in [1.807, 2.05) is 135 Å². The summed E-state index contributed by atoms with van der Waals surface area (Å²) >= 11 is 0. The zero-order valence-electron chi connectivity index (χ0n) is 25.4. The van der Waals surface area contributed by atoms with Crippen molar-refractivity contribution in [3.8, 4) is 22.5 Å². The highest BCUT2D eigenvalue weighted by Gasteiger charge is 2.19. The molecule has 222 valence electrons. The van der Waals surface area contributed by atoms with Gasteiger partial charge in [-0.2, -0.15) is 0 Å². The zero-order chi connectivity index (χ0) is 31.6. The first kappa shape index (κ1) is 28.6. The van der Waals surface area contributed by atoms with E-state index < -0.39 is 0 Å². The standard InChI is InChI=1S/C40H30N4O2/c1-25-13-3-5-15-27(25)37-23-31(29-17-7-9-19-33(29)41-37)39(45)43-35-21-11-12-22-36(35)44-40(46)32-24-38(28-16-6-4-14-26(28)2)42-34-20-10-8-18-30(32)34/h3-24H,1-2H3,(H,43,45)(H,44,46). The predicted molar refractivity (Wildman–Crippen MR) is 186 cm³/mol. The van der Waals surface area contributed by atoms with Crippen molar-refractivity contribution in [2.75, 3.05) is 10.6 Å². The van der Waals surface area contributed by atoms with E-state index in [2.05, 4.69) is 10.6 Å². The Labute approximate surface area is 266 Å². The number of nitrogens with zero attached hydrogens (tertiary/aromatic N) is 2. The summed E-state index contributed by atoms with van der Waals surface area (Å²) in [4.78, 5) is 37.6. The Bertz CT molecular complexity index is 2130. The maximum atomic E-state index is 14.0. The highest BCUT2D eigenvalue weighted by Crippen LogP contribution is 2.31. The van der Waals surface area contributed by atoms with Crippen molar-refractivity contribution in [2.45, 2.75) is 13.8 Å². The monoisotopic (exact) mass is 598 g/mol. The van der Waals surface area contributed by atoms with E-state index in [0.717, 1.165) is 55.4 Å². The molecule has 0 bridgehead atoms. The van der Waals surface area contributed by atoms with Gasteiger partial charge in [0, 0.05) is 21.9 Å². The fraction of sp³-hybridized carbons (Fsp3) is 0.0500. The van der Waals surface area contributed by atoms with Crippen LogP contribution >= 0.6 is 0 Å². The first-order valence-electron chi connectivity index (χ1n) is 15.1. The summed E-state index contributed by atoms with van der Waals surface area (Å²) in [6, 6.07) is 42.1. The molecule has 0 aliphatic heterocycles. The van der Waals surface area contributed by atoms with Gasteiger partial charge in [-0.25, -0.2) is 9.97 Å². The van der Waals surface area contributed by atoms with E-state index >= 15 is 0 Å². The number of aryl methyl sites for hydroxylation is 2. The summed E-state index contributed by atoms with van der Waals surface area (Å²) in [6.45, 7) is 4.06.